The van der Waals surface area contributed by atoms with Gasteiger partial charge in [0.05, 0.1) is 11.0 Å². The Hall–Kier alpha value is -6.12. The minimum absolute atomic E-state index is 0.0560. The Bertz CT molecular complexity index is 2480. The van der Waals surface area contributed by atoms with Gasteiger partial charge < -0.3 is 9.47 Å². The van der Waals surface area contributed by atoms with E-state index in [-0.39, 0.29) is 5.41 Å². The van der Waals surface area contributed by atoms with E-state index in [4.69, 9.17) is 0 Å². The quantitative estimate of drug-likeness (QED) is 0.148. The first-order chi connectivity index (χ1) is 24.9. The van der Waals surface area contributed by atoms with Gasteiger partial charge >= 0.3 is 0 Å². The number of hydrogen-bond donors (Lipinski definition) is 0. The van der Waals surface area contributed by atoms with Crippen molar-refractivity contribution in [3.05, 3.63) is 194 Å². The molecule has 7 aromatic carbocycles. The molecule has 0 aliphatic rings. The number of para-hydroxylation sites is 1. The summed E-state index contributed by atoms with van der Waals surface area (Å²) in [5.74, 6) is 0. The Labute approximate surface area is 301 Å². The first-order valence-electron chi connectivity index (χ1n) is 17.8. The first-order valence-corrected chi connectivity index (χ1v) is 17.8. The molecule has 8 aromatic rings. The van der Waals surface area contributed by atoms with E-state index in [1.807, 2.05) is 6.08 Å². The largest absolute Gasteiger partial charge is 0.310 e. The van der Waals surface area contributed by atoms with Gasteiger partial charge in [-0.25, -0.2) is 0 Å². The summed E-state index contributed by atoms with van der Waals surface area (Å²) in [6, 6.07) is 61.8. The van der Waals surface area contributed by atoms with Gasteiger partial charge in [0, 0.05) is 33.5 Å². The second kappa shape index (κ2) is 13.3. The summed E-state index contributed by atoms with van der Waals surface area (Å²) in [6.07, 6.45) is 2.79. The molecule has 0 saturated heterocycles. The predicted octanol–water partition coefficient (Wildman–Crippen LogP) is 13.6. The molecule has 8 rings (SSSR count). The van der Waals surface area contributed by atoms with Crippen LogP contribution in [0.4, 0.5) is 17.1 Å². The van der Waals surface area contributed by atoms with Crippen LogP contribution < -0.4 is 4.90 Å². The highest BCUT2D eigenvalue weighted by molar-refractivity contribution is 6.10. The molecule has 2 heteroatoms. The summed E-state index contributed by atoms with van der Waals surface area (Å²) in [5, 5.41) is 2.54. The van der Waals surface area contributed by atoms with Gasteiger partial charge in [-0.15, -0.1) is 6.58 Å². The number of benzene rings is 7. The number of nitrogens with zero attached hydrogens (tertiary/aromatic N) is 2. The summed E-state index contributed by atoms with van der Waals surface area (Å²) < 4.78 is 2.39. The van der Waals surface area contributed by atoms with Crippen molar-refractivity contribution < 1.29 is 0 Å². The topological polar surface area (TPSA) is 8.17 Å². The van der Waals surface area contributed by atoms with Gasteiger partial charge in [0.1, 0.15) is 0 Å². The zero-order valence-electron chi connectivity index (χ0n) is 29.6. The molecule has 1 heterocycles. The molecule has 248 valence electrons. The van der Waals surface area contributed by atoms with Crippen LogP contribution in [0.2, 0.25) is 0 Å². The van der Waals surface area contributed by atoms with E-state index < -0.39 is 0 Å². The third-order valence-electron chi connectivity index (χ3n) is 9.86. The molecule has 0 bridgehead atoms. The van der Waals surface area contributed by atoms with Crippen LogP contribution in [-0.4, -0.2) is 4.57 Å². The SMILES string of the molecule is C=CCc1cccc(N(c2ccc(-c3ccc4c(c3)c3cc(C(C)(C)C)ccc3n4-c3ccccc3)cc2)c2cccc(-c3ccccc3)c2)c1. The average molecular weight is 659 g/mol. The highest BCUT2D eigenvalue weighted by Crippen LogP contribution is 2.40. The number of hydrogen-bond acceptors (Lipinski definition) is 1. The van der Waals surface area contributed by atoms with E-state index in [0.717, 1.165) is 23.5 Å². The molecule has 0 spiro atoms. The summed E-state index contributed by atoms with van der Waals surface area (Å²) in [5.41, 5.74) is 14.4. The second-order valence-corrected chi connectivity index (χ2v) is 14.3. The molecule has 1 aromatic heterocycles. The second-order valence-electron chi connectivity index (χ2n) is 14.3. The Morgan fingerprint density at radius 2 is 1.08 bits per heavy atom. The lowest BCUT2D eigenvalue weighted by Gasteiger charge is -2.26. The van der Waals surface area contributed by atoms with Gasteiger partial charge in [-0.1, -0.05) is 124 Å². The van der Waals surface area contributed by atoms with E-state index in [1.54, 1.807) is 0 Å². The fourth-order valence-electron chi connectivity index (χ4n) is 7.22. The maximum atomic E-state index is 3.98. The van der Waals surface area contributed by atoms with Crippen LogP contribution in [0.15, 0.2) is 183 Å². The van der Waals surface area contributed by atoms with Crippen LogP contribution in [0.1, 0.15) is 31.9 Å². The fraction of sp³-hybridized carbons (Fsp3) is 0.102. The minimum Gasteiger partial charge on any atom is -0.310 e. The molecule has 0 atom stereocenters. The number of fused-ring (bicyclic) bond motifs is 3. The molecule has 0 aliphatic carbocycles. The standard InChI is InChI=1S/C49H42N2/c1-5-14-35-15-12-21-43(31-35)50(44-22-13-18-38(32-44)36-16-8-6-9-17-36)42-27-23-37(24-28-42)39-25-29-47-45(33-39)46-34-40(49(2,3)4)26-30-48(46)51(47)41-19-10-7-11-20-41/h5-13,15-34H,1,14H2,2-4H3. The number of rotatable bonds is 8. The fourth-order valence-corrected chi connectivity index (χ4v) is 7.22. The zero-order valence-corrected chi connectivity index (χ0v) is 29.6. The van der Waals surface area contributed by atoms with E-state index in [9.17, 15) is 0 Å². The molecule has 0 unspecified atom stereocenters. The molecule has 0 aliphatic heterocycles. The van der Waals surface area contributed by atoms with Gasteiger partial charge in [0.25, 0.3) is 0 Å². The molecule has 0 fully saturated rings. The van der Waals surface area contributed by atoms with Gasteiger partial charge in [-0.05, 0) is 118 Å². The Morgan fingerprint density at radius 3 is 1.78 bits per heavy atom. The lowest BCUT2D eigenvalue weighted by molar-refractivity contribution is 0.591. The summed E-state index contributed by atoms with van der Waals surface area (Å²) in [7, 11) is 0. The Balaban J connectivity index is 1.23. The molecule has 0 saturated carbocycles. The van der Waals surface area contributed by atoms with E-state index in [0.29, 0.717) is 0 Å². The highest BCUT2D eigenvalue weighted by Gasteiger charge is 2.19. The van der Waals surface area contributed by atoms with E-state index >= 15 is 0 Å². The van der Waals surface area contributed by atoms with Crippen LogP contribution in [0.5, 0.6) is 0 Å². The normalized spacial score (nSPS) is 11.6. The van der Waals surface area contributed by atoms with Crippen LogP contribution in [0.25, 0.3) is 49.7 Å². The number of aromatic nitrogens is 1. The summed E-state index contributed by atoms with van der Waals surface area (Å²) in [6.45, 7) is 10.8. The van der Waals surface area contributed by atoms with E-state index in [2.05, 4.69) is 207 Å². The van der Waals surface area contributed by atoms with Crippen molar-refractivity contribution in [1.29, 1.82) is 0 Å². The van der Waals surface area contributed by atoms with Crippen molar-refractivity contribution in [3.8, 4) is 27.9 Å². The number of anilines is 3. The Kier molecular flexibility index (Phi) is 8.37. The van der Waals surface area contributed by atoms with Crippen molar-refractivity contribution >= 4 is 38.9 Å². The monoisotopic (exact) mass is 658 g/mol. The van der Waals surface area contributed by atoms with Crippen LogP contribution in [0.3, 0.4) is 0 Å². The van der Waals surface area contributed by atoms with Gasteiger partial charge in [-0.2, -0.15) is 0 Å². The van der Waals surface area contributed by atoms with Crippen molar-refractivity contribution in [2.75, 3.05) is 4.90 Å². The molecule has 0 amide bonds. The maximum absolute atomic E-state index is 3.98. The zero-order chi connectivity index (χ0) is 35.0. The predicted molar refractivity (Wildman–Crippen MR) is 219 cm³/mol. The van der Waals surface area contributed by atoms with Crippen molar-refractivity contribution in [1.82, 2.24) is 4.57 Å². The third kappa shape index (κ3) is 6.26. The molecule has 0 N–H and O–H groups in total. The van der Waals surface area contributed by atoms with Crippen LogP contribution in [-0.2, 0) is 11.8 Å². The lowest BCUT2D eigenvalue weighted by Crippen LogP contribution is -2.10. The molecule has 0 radical (unpaired) electrons. The number of allylic oxidation sites excluding steroid dienone is 1. The lowest BCUT2D eigenvalue weighted by atomic mass is 9.86. The van der Waals surface area contributed by atoms with Gasteiger partial charge in [0.2, 0.25) is 0 Å². The third-order valence-corrected chi connectivity index (χ3v) is 9.86. The maximum Gasteiger partial charge on any atom is 0.0541 e. The molecular weight excluding hydrogens is 617 g/mol. The van der Waals surface area contributed by atoms with E-state index in [1.165, 1.54) is 60.9 Å². The minimum atomic E-state index is 0.0560. The first kappa shape index (κ1) is 32.1. The molecule has 2 nitrogen and oxygen atoms in total. The van der Waals surface area contributed by atoms with Crippen molar-refractivity contribution in [3.63, 3.8) is 0 Å². The highest BCUT2D eigenvalue weighted by atomic mass is 15.1. The van der Waals surface area contributed by atoms with Crippen molar-refractivity contribution in [2.45, 2.75) is 32.6 Å². The smallest absolute Gasteiger partial charge is 0.0541 e. The molecular formula is C49H42N2. The summed E-state index contributed by atoms with van der Waals surface area (Å²) >= 11 is 0. The van der Waals surface area contributed by atoms with Crippen molar-refractivity contribution in [2.24, 2.45) is 0 Å². The average Bonchev–Trinajstić information content (AvgIpc) is 3.49. The van der Waals surface area contributed by atoms with Crippen LogP contribution in [0, 0.1) is 0 Å². The van der Waals surface area contributed by atoms with Crippen LogP contribution >= 0.6 is 0 Å². The summed E-state index contributed by atoms with van der Waals surface area (Å²) in [4.78, 5) is 2.35. The van der Waals surface area contributed by atoms with Gasteiger partial charge in [0.15, 0.2) is 0 Å². The Morgan fingerprint density at radius 1 is 0.510 bits per heavy atom. The van der Waals surface area contributed by atoms with Gasteiger partial charge in [-0.3, -0.25) is 0 Å². The molecule has 51 heavy (non-hydrogen) atoms.